The number of benzene rings is 1. The molecule has 1 N–H and O–H groups in total. The third-order valence-corrected chi connectivity index (χ3v) is 4.75. The number of thioether (sulfide) groups is 1. The lowest BCUT2D eigenvalue weighted by atomic mass is 10.2. The number of carbonyl (C=O) groups excluding carboxylic acids is 1. The summed E-state index contributed by atoms with van der Waals surface area (Å²) in [6.07, 6.45) is 8.52. The molecule has 0 bridgehead atoms. The van der Waals surface area contributed by atoms with Crippen molar-refractivity contribution in [3.05, 3.63) is 72.3 Å². The molecule has 25 heavy (non-hydrogen) atoms. The van der Waals surface area contributed by atoms with E-state index in [0.717, 1.165) is 21.9 Å². The van der Waals surface area contributed by atoms with E-state index in [4.69, 9.17) is 0 Å². The lowest BCUT2D eigenvalue weighted by Crippen LogP contribution is -2.12. The Morgan fingerprint density at radius 3 is 2.68 bits per heavy atom. The first-order valence-corrected chi connectivity index (χ1v) is 9.07. The van der Waals surface area contributed by atoms with Crippen molar-refractivity contribution in [2.45, 2.75) is 23.5 Å². The third-order valence-electron chi connectivity index (χ3n) is 3.67. The Morgan fingerprint density at radius 2 is 2.00 bits per heavy atom. The van der Waals surface area contributed by atoms with Crippen LogP contribution in [0, 0.1) is 0 Å². The average Bonchev–Trinajstić information content (AvgIpc) is 3.06. The molecule has 0 unspecified atom stereocenters. The molecule has 5 nitrogen and oxygen atoms in total. The molecule has 0 atom stereocenters. The van der Waals surface area contributed by atoms with Gasteiger partial charge in [-0.3, -0.25) is 14.5 Å². The van der Waals surface area contributed by atoms with Crippen molar-refractivity contribution < 1.29 is 4.79 Å². The fourth-order valence-corrected chi connectivity index (χ4v) is 3.20. The van der Waals surface area contributed by atoms with E-state index in [1.54, 1.807) is 28.8 Å². The van der Waals surface area contributed by atoms with Crippen molar-refractivity contribution in [2.75, 3.05) is 5.32 Å². The first-order valence-electron chi connectivity index (χ1n) is 8.08. The van der Waals surface area contributed by atoms with Gasteiger partial charge in [-0.05, 0) is 47.9 Å². The van der Waals surface area contributed by atoms with Crippen molar-refractivity contribution in [3.63, 3.8) is 0 Å². The van der Waals surface area contributed by atoms with Gasteiger partial charge in [0.2, 0.25) is 5.91 Å². The van der Waals surface area contributed by atoms with Crippen molar-refractivity contribution in [3.8, 4) is 0 Å². The summed E-state index contributed by atoms with van der Waals surface area (Å²) >= 11 is 1.75. The first kappa shape index (κ1) is 17.2. The Balaban J connectivity index is 1.46. The second-order valence-electron chi connectivity index (χ2n) is 5.74. The molecule has 2 heterocycles. The zero-order valence-corrected chi connectivity index (χ0v) is 14.9. The summed E-state index contributed by atoms with van der Waals surface area (Å²) in [4.78, 5) is 17.3. The summed E-state index contributed by atoms with van der Waals surface area (Å²) in [5.41, 5.74) is 3.09. The minimum atomic E-state index is 0.0135. The smallest absolute Gasteiger partial charge is 0.224 e. The van der Waals surface area contributed by atoms with Crippen LogP contribution in [-0.4, -0.2) is 20.7 Å². The molecule has 1 aromatic carbocycles. The van der Waals surface area contributed by atoms with E-state index in [1.807, 2.05) is 49.8 Å². The molecule has 0 aliphatic carbocycles. The third kappa shape index (κ3) is 5.46. The van der Waals surface area contributed by atoms with Crippen LogP contribution in [-0.2, 0) is 24.0 Å². The summed E-state index contributed by atoms with van der Waals surface area (Å²) in [5.74, 6) is 0.893. The van der Waals surface area contributed by atoms with Crippen molar-refractivity contribution in [2.24, 2.45) is 7.05 Å². The lowest BCUT2D eigenvalue weighted by Gasteiger charge is -2.06. The van der Waals surface area contributed by atoms with Crippen molar-refractivity contribution >= 4 is 23.4 Å². The van der Waals surface area contributed by atoms with Crippen LogP contribution in [0.5, 0.6) is 0 Å². The Labute approximate surface area is 151 Å². The Bertz CT molecular complexity index is 815. The Kier molecular flexibility index (Phi) is 5.85. The quantitative estimate of drug-likeness (QED) is 0.659. The second kappa shape index (κ2) is 8.48. The van der Waals surface area contributed by atoms with Crippen LogP contribution in [0.1, 0.15) is 17.5 Å². The van der Waals surface area contributed by atoms with Gasteiger partial charge in [0, 0.05) is 48.4 Å². The van der Waals surface area contributed by atoms with E-state index >= 15 is 0 Å². The largest absolute Gasteiger partial charge is 0.326 e. The van der Waals surface area contributed by atoms with Crippen molar-refractivity contribution in [1.82, 2.24) is 14.8 Å². The zero-order valence-electron chi connectivity index (χ0n) is 14.1. The van der Waals surface area contributed by atoms with Crippen molar-refractivity contribution in [1.29, 1.82) is 0 Å². The molecule has 3 rings (SSSR count). The van der Waals surface area contributed by atoms with E-state index in [9.17, 15) is 4.79 Å². The molecule has 0 aliphatic heterocycles. The number of anilines is 1. The van der Waals surface area contributed by atoms with Crippen LogP contribution >= 0.6 is 11.8 Å². The molecule has 0 aliphatic rings. The number of hydrogen-bond acceptors (Lipinski definition) is 4. The monoisotopic (exact) mass is 352 g/mol. The lowest BCUT2D eigenvalue weighted by molar-refractivity contribution is -0.116. The fourth-order valence-electron chi connectivity index (χ4n) is 2.37. The van der Waals surface area contributed by atoms with Crippen LogP contribution in [0.4, 0.5) is 5.69 Å². The standard InChI is InChI=1S/C19H20N4OS/c1-23-13-15(12-21-23)4-9-19(24)22-17-5-7-18(8-6-17)25-14-16-3-2-10-20-11-16/h2-3,5-8,10-13H,4,9,14H2,1H3,(H,22,24). The van der Waals surface area contributed by atoms with E-state index < -0.39 is 0 Å². The SMILES string of the molecule is Cn1cc(CCC(=O)Nc2ccc(SCc3cccnc3)cc2)cn1. The Hall–Kier alpha value is -2.60. The number of amides is 1. The number of carbonyl (C=O) groups is 1. The van der Waals surface area contributed by atoms with Crippen LogP contribution in [0.3, 0.4) is 0 Å². The highest BCUT2D eigenvalue weighted by atomic mass is 32.2. The Morgan fingerprint density at radius 1 is 1.16 bits per heavy atom. The molecule has 0 radical (unpaired) electrons. The predicted molar refractivity (Wildman–Crippen MR) is 100 cm³/mol. The van der Waals surface area contributed by atoms with Gasteiger partial charge < -0.3 is 5.32 Å². The molecule has 128 valence electrons. The van der Waals surface area contributed by atoms with Gasteiger partial charge in [-0.15, -0.1) is 11.8 Å². The molecule has 2 aromatic heterocycles. The summed E-state index contributed by atoms with van der Waals surface area (Å²) in [6.45, 7) is 0. The fraction of sp³-hybridized carbons (Fsp3) is 0.211. The van der Waals surface area contributed by atoms with E-state index in [2.05, 4.69) is 21.5 Å². The predicted octanol–water partition coefficient (Wildman–Crippen LogP) is 3.68. The zero-order chi connectivity index (χ0) is 17.5. The minimum Gasteiger partial charge on any atom is -0.326 e. The minimum absolute atomic E-state index is 0.0135. The molecule has 0 saturated carbocycles. The average molecular weight is 352 g/mol. The molecule has 3 aromatic rings. The highest BCUT2D eigenvalue weighted by molar-refractivity contribution is 7.98. The number of aromatic nitrogens is 3. The van der Waals surface area contributed by atoms with Crippen LogP contribution in [0.15, 0.2) is 66.1 Å². The maximum absolute atomic E-state index is 12.0. The second-order valence-corrected chi connectivity index (χ2v) is 6.79. The normalized spacial score (nSPS) is 10.6. The summed E-state index contributed by atoms with van der Waals surface area (Å²) in [5, 5.41) is 7.04. The molecule has 1 amide bonds. The van der Waals surface area contributed by atoms with E-state index in [1.165, 1.54) is 5.56 Å². The molecule has 0 fully saturated rings. The summed E-state index contributed by atoms with van der Waals surface area (Å²) < 4.78 is 1.75. The number of pyridine rings is 1. The summed E-state index contributed by atoms with van der Waals surface area (Å²) in [7, 11) is 1.87. The maximum atomic E-state index is 12.0. The number of nitrogens with zero attached hydrogens (tertiary/aromatic N) is 3. The van der Waals surface area contributed by atoms with Crippen LogP contribution in [0.25, 0.3) is 0 Å². The van der Waals surface area contributed by atoms with Crippen LogP contribution in [0.2, 0.25) is 0 Å². The number of nitrogens with one attached hydrogen (secondary N) is 1. The first-order chi connectivity index (χ1) is 12.2. The van der Waals surface area contributed by atoms with E-state index in [0.29, 0.717) is 12.8 Å². The molecular formula is C19H20N4OS. The summed E-state index contributed by atoms with van der Waals surface area (Å²) in [6, 6.07) is 11.9. The van der Waals surface area contributed by atoms with Gasteiger partial charge in [-0.2, -0.15) is 5.10 Å². The molecule has 0 saturated heterocycles. The van der Waals surface area contributed by atoms with Gasteiger partial charge >= 0.3 is 0 Å². The highest BCUT2D eigenvalue weighted by Crippen LogP contribution is 2.24. The molecule has 6 heteroatoms. The van der Waals surface area contributed by atoms with Gasteiger partial charge in [0.1, 0.15) is 0 Å². The molecular weight excluding hydrogens is 332 g/mol. The van der Waals surface area contributed by atoms with Gasteiger partial charge in [-0.1, -0.05) is 6.07 Å². The topological polar surface area (TPSA) is 59.8 Å². The highest BCUT2D eigenvalue weighted by Gasteiger charge is 2.05. The number of rotatable bonds is 7. The van der Waals surface area contributed by atoms with Crippen LogP contribution < -0.4 is 5.32 Å². The maximum Gasteiger partial charge on any atom is 0.224 e. The van der Waals surface area contributed by atoms with E-state index in [-0.39, 0.29) is 5.91 Å². The number of hydrogen-bond donors (Lipinski definition) is 1. The van der Waals surface area contributed by atoms with Gasteiger partial charge in [0.25, 0.3) is 0 Å². The van der Waals surface area contributed by atoms with Gasteiger partial charge in [0.15, 0.2) is 0 Å². The molecule has 0 spiro atoms. The van der Waals surface area contributed by atoms with Gasteiger partial charge in [-0.25, -0.2) is 0 Å². The number of aryl methyl sites for hydroxylation is 2. The van der Waals surface area contributed by atoms with Gasteiger partial charge in [0.05, 0.1) is 6.20 Å².